The number of anilines is 1. The Labute approximate surface area is 130 Å². The molecule has 2 bridgehead atoms. The van der Waals surface area contributed by atoms with Gasteiger partial charge in [0.15, 0.2) is 0 Å². The Hall–Kier alpha value is -1.35. The quantitative estimate of drug-likeness (QED) is 0.751. The molecule has 5 heterocycles. The maximum Gasteiger partial charge on any atom is 0.0678 e. The highest BCUT2D eigenvalue weighted by Gasteiger charge is 2.35. The zero-order valence-electron chi connectivity index (χ0n) is 13.0. The lowest BCUT2D eigenvalue weighted by atomic mass is 9.82. The molecule has 0 unspecified atom stereocenters. The van der Waals surface area contributed by atoms with E-state index in [1.165, 1.54) is 54.1 Å². The molecule has 3 aliphatic rings. The largest absolute Gasteiger partial charge is 0.370 e. The van der Waals surface area contributed by atoms with Gasteiger partial charge in [0.05, 0.1) is 11.4 Å². The second-order valence-electron chi connectivity index (χ2n) is 7.31. The van der Waals surface area contributed by atoms with Crippen molar-refractivity contribution in [2.45, 2.75) is 44.9 Å². The van der Waals surface area contributed by atoms with E-state index in [1.54, 1.807) is 11.3 Å². The molecule has 0 aliphatic carbocycles. The van der Waals surface area contributed by atoms with E-state index in [1.807, 2.05) is 0 Å². The molecule has 0 saturated carbocycles. The van der Waals surface area contributed by atoms with Crippen molar-refractivity contribution >= 4 is 17.0 Å². The van der Waals surface area contributed by atoms with Crippen LogP contribution in [0, 0.1) is 0 Å². The van der Waals surface area contributed by atoms with Crippen LogP contribution in [-0.4, -0.2) is 18.1 Å². The predicted molar refractivity (Wildman–Crippen MR) is 90.4 cm³/mol. The van der Waals surface area contributed by atoms with Gasteiger partial charge in [-0.15, -0.1) is 0 Å². The van der Waals surface area contributed by atoms with E-state index < -0.39 is 0 Å². The molecule has 0 radical (unpaired) electrons. The van der Waals surface area contributed by atoms with Crippen LogP contribution in [0.4, 0.5) is 5.69 Å². The maximum atomic E-state index is 5.10. The first-order valence-corrected chi connectivity index (χ1v) is 8.81. The number of rotatable bonds is 1. The average molecular weight is 298 g/mol. The number of hydrogen-bond acceptors (Lipinski definition) is 3. The third-order valence-corrected chi connectivity index (χ3v) is 5.50. The monoisotopic (exact) mass is 298 g/mol. The molecule has 3 aliphatic heterocycles. The summed E-state index contributed by atoms with van der Waals surface area (Å²) in [5.41, 5.74) is 6.87. The summed E-state index contributed by atoms with van der Waals surface area (Å²) in [5, 5.41) is 4.45. The number of hydrogen-bond donors (Lipinski definition) is 0. The zero-order chi connectivity index (χ0) is 14.6. The first-order valence-electron chi connectivity index (χ1n) is 7.87. The summed E-state index contributed by atoms with van der Waals surface area (Å²) in [7, 11) is 0. The second-order valence-corrected chi connectivity index (χ2v) is 8.09. The van der Waals surface area contributed by atoms with Gasteiger partial charge in [0.2, 0.25) is 0 Å². The molecule has 110 valence electrons. The summed E-state index contributed by atoms with van der Waals surface area (Å²) >= 11 is 1.78. The van der Waals surface area contributed by atoms with E-state index in [-0.39, 0.29) is 5.41 Å². The van der Waals surface area contributed by atoms with Crippen LogP contribution in [-0.2, 0) is 5.41 Å². The van der Waals surface area contributed by atoms with Crippen LogP contribution in [0.15, 0.2) is 22.9 Å². The molecule has 0 atom stereocenters. The van der Waals surface area contributed by atoms with Gasteiger partial charge >= 0.3 is 0 Å². The van der Waals surface area contributed by atoms with E-state index in [2.05, 4.69) is 48.6 Å². The molecule has 2 nitrogen and oxygen atoms in total. The molecular formula is C18H22N2S. The minimum absolute atomic E-state index is 0.103. The van der Waals surface area contributed by atoms with Crippen LogP contribution in [0.2, 0.25) is 0 Å². The van der Waals surface area contributed by atoms with Gasteiger partial charge < -0.3 is 4.90 Å². The van der Waals surface area contributed by atoms with E-state index in [4.69, 9.17) is 4.98 Å². The Morgan fingerprint density at radius 1 is 1.24 bits per heavy atom. The van der Waals surface area contributed by atoms with Crippen molar-refractivity contribution in [2.24, 2.45) is 0 Å². The van der Waals surface area contributed by atoms with Gasteiger partial charge in [0.25, 0.3) is 0 Å². The van der Waals surface area contributed by atoms with Crippen LogP contribution in [0.3, 0.4) is 0 Å². The first-order chi connectivity index (χ1) is 10.0. The predicted octanol–water partition coefficient (Wildman–Crippen LogP) is 4.81. The zero-order valence-corrected chi connectivity index (χ0v) is 13.8. The second kappa shape index (κ2) is 4.57. The van der Waals surface area contributed by atoms with Crippen molar-refractivity contribution in [1.29, 1.82) is 0 Å². The highest BCUT2D eigenvalue weighted by Crippen LogP contribution is 2.47. The summed E-state index contributed by atoms with van der Waals surface area (Å²) in [4.78, 5) is 7.66. The molecule has 2 aromatic rings. The smallest absolute Gasteiger partial charge is 0.0678 e. The van der Waals surface area contributed by atoms with Gasteiger partial charge in [0, 0.05) is 35.7 Å². The fraction of sp³-hybridized carbons (Fsp3) is 0.500. The van der Waals surface area contributed by atoms with E-state index in [9.17, 15) is 0 Å². The Morgan fingerprint density at radius 2 is 2.00 bits per heavy atom. The average Bonchev–Trinajstić information content (AvgIpc) is 3.00. The van der Waals surface area contributed by atoms with Crippen LogP contribution < -0.4 is 4.90 Å². The molecule has 0 aromatic carbocycles. The third-order valence-electron chi connectivity index (χ3n) is 4.82. The van der Waals surface area contributed by atoms with E-state index in [0.717, 1.165) is 0 Å². The van der Waals surface area contributed by atoms with Crippen LogP contribution in [0.1, 0.15) is 50.9 Å². The molecule has 0 N–H and O–H groups in total. The van der Waals surface area contributed by atoms with Crippen molar-refractivity contribution in [3.8, 4) is 11.1 Å². The molecule has 1 fully saturated rings. The number of aromatic nitrogens is 1. The Morgan fingerprint density at radius 3 is 2.62 bits per heavy atom. The van der Waals surface area contributed by atoms with Crippen LogP contribution >= 0.6 is 11.3 Å². The molecule has 0 amide bonds. The van der Waals surface area contributed by atoms with Crippen molar-refractivity contribution in [2.75, 3.05) is 18.0 Å². The molecule has 1 saturated heterocycles. The SMILES string of the molecule is CC(C)(C)c1cc(-c2ccsc2)c2c(n1)C1CCN2CC1. The van der Waals surface area contributed by atoms with Gasteiger partial charge in [-0.05, 0) is 41.3 Å². The van der Waals surface area contributed by atoms with Gasteiger partial charge in [0.1, 0.15) is 0 Å². The minimum atomic E-state index is 0.103. The molecule has 3 heteroatoms. The third kappa shape index (κ3) is 2.10. The topological polar surface area (TPSA) is 16.1 Å². The number of fused-ring (bicyclic) bond motifs is 2. The first kappa shape index (κ1) is 13.3. The summed E-state index contributed by atoms with van der Waals surface area (Å²) in [6.07, 6.45) is 2.55. The summed E-state index contributed by atoms with van der Waals surface area (Å²) in [5.74, 6) is 0.671. The molecule has 0 spiro atoms. The molecule has 21 heavy (non-hydrogen) atoms. The molecule has 5 rings (SSSR count). The highest BCUT2D eigenvalue weighted by molar-refractivity contribution is 7.08. The summed E-state index contributed by atoms with van der Waals surface area (Å²) < 4.78 is 0. The van der Waals surface area contributed by atoms with Crippen molar-refractivity contribution in [3.05, 3.63) is 34.3 Å². The van der Waals surface area contributed by atoms with Crippen molar-refractivity contribution in [3.63, 3.8) is 0 Å². The normalized spacial score (nSPS) is 18.1. The molecule has 2 aromatic heterocycles. The molecular weight excluding hydrogens is 276 g/mol. The van der Waals surface area contributed by atoms with Crippen LogP contribution in [0.25, 0.3) is 11.1 Å². The lowest BCUT2D eigenvalue weighted by molar-refractivity contribution is 0.457. The van der Waals surface area contributed by atoms with Gasteiger partial charge in [-0.3, -0.25) is 4.98 Å². The van der Waals surface area contributed by atoms with Gasteiger partial charge in [-0.25, -0.2) is 0 Å². The van der Waals surface area contributed by atoms with Crippen molar-refractivity contribution < 1.29 is 0 Å². The fourth-order valence-corrected chi connectivity index (χ4v) is 4.23. The fourth-order valence-electron chi connectivity index (χ4n) is 3.57. The number of piperidine rings is 1. The summed E-state index contributed by atoms with van der Waals surface area (Å²) in [6.45, 7) is 9.19. The van der Waals surface area contributed by atoms with E-state index >= 15 is 0 Å². The Bertz CT molecular complexity index is 659. The lowest BCUT2D eigenvalue weighted by Gasteiger charge is -2.43. The van der Waals surface area contributed by atoms with Crippen LogP contribution in [0.5, 0.6) is 0 Å². The van der Waals surface area contributed by atoms with Gasteiger partial charge in [-0.1, -0.05) is 20.8 Å². The number of pyridine rings is 1. The lowest BCUT2D eigenvalue weighted by Crippen LogP contribution is -2.40. The minimum Gasteiger partial charge on any atom is -0.370 e. The van der Waals surface area contributed by atoms with E-state index in [0.29, 0.717) is 5.92 Å². The Kier molecular flexibility index (Phi) is 2.90. The Balaban J connectivity index is 1.98. The van der Waals surface area contributed by atoms with Crippen molar-refractivity contribution in [1.82, 2.24) is 4.98 Å². The number of thiophene rings is 1. The highest BCUT2D eigenvalue weighted by atomic mass is 32.1. The van der Waals surface area contributed by atoms with Gasteiger partial charge in [-0.2, -0.15) is 11.3 Å². The number of nitrogens with zero attached hydrogens (tertiary/aromatic N) is 2. The standard InChI is InChI=1S/C18H22N2S/c1-18(2,3)15-10-14(13-6-9-21-11-13)17-16(19-15)12-4-7-20(17)8-5-12/h6,9-12H,4-5,7-8H2,1-3H3. The summed E-state index contributed by atoms with van der Waals surface area (Å²) in [6, 6.07) is 4.58. The maximum absolute atomic E-state index is 5.10.